The lowest BCUT2D eigenvalue weighted by atomic mass is 10.9. The summed E-state index contributed by atoms with van der Waals surface area (Å²) in [7, 11) is 2.88. The zero-order valence-electron chi connectivity index (χ0n) is 12.6. The van der Waals surface area contributed by atoms with Gasteiger partial charge in [0.05, 0.1) is 12.1 Å². The van der Waals surface area contributed by atoms with Crippen LogP contribution in [0.5, 0.6) is 0 Å². The number of hydrogen-bond donors (Lipinski definition) is 0. The van der Waals surface area contributed by atoms with Crippen molar-refractivity contribution in [1.82, 2.24) is 8.61 Å². The molecule has 8 nitrogen and oxygen atoms in total. The Morgan fingerprint density at radius 1 is 0.857 bits per heavy atom. The van der Waals surface area contributed by atoms with Crippen molar-refractivity contribution in [3.63, 3.8) is 0 Å². The van der Waals surface area contributed by atoms with E-state index in [4.69, 9.17) is 0 Å². The molecule has 0 aliphatic heterocycles. The second-order valence-corrected chi connectivity index (χ2v) is 6.68. The fourth-order valence-electron chi connectivity index (χ4n) is 0.647. The molecule has 0 aromatic heterocycles. The summed E-state index contributed by atoms with van der Waals surface area (Å²) in [5.41, 5.74) is 0. The third kappa shape index (κ3) is 8.73. The van der Waals surface area contributed by atoms with E-state index in [2.05, 4.69) is 20.0 Å². The molecule has 0 fully saturated rings. The van der Waals surface area contributed by atoms with E-state index >= 15 is 0 Å². The molecule has 21 heavy (non-hydrogen) atoms. The molecule has 0 rings (SSSR count). The minimum absolute atomic E-state index is 0.608. The lowest BCUT2D eigenvalue weighted by Gasteiger charge is -2.19. The molecule has 0 aliphatic rings. The largest absolute Gasteiger partial charge is 0.447 e. The second kappa shape index (κ2) is 10.6. The van der Waals surface area contributed by atoms with E-state index in [1.54, 1.807) is 13.8 Å². The van der Waals surface area contributed by atoms with Crippen molar-refractivity contribution >= 4 is 57.9 Å². The van der Waals surface area contributed by atoms with E-state index < -0.39 is 12.2 Å². The number of carbonyl (C=O) groups excluding carboxylic acids is 2. The van der Waals surface area contributed by atoms with Gasteiger partial charge in [0.15, 0.2) is 0 Å². The number of amides is 2. The number of rotatable bonds is 4. The number of carbonyl (C=O) groups is 2. The SMILES string of the molecule is CS/C(C)=N/OC(=O)N(C)SN(C)C(=O)O/N=C(\C)SC. The highest BCUT2D eigenvalue weighted by Crippen LogP contribution is 2.15. The Balaban J connectivity index is 4.33. The summed E-state index contributed by atoms with van der Waals surface area (Å²) in [6.45, 7) is 3.42. The van der Waals surface area contributed by atoms with Crippen LogP contribution in [0.4, 0.5) is 9.59 Å². The summed E-state index contributed by atoms with van der Waals surface area (Å²) in [4.78, 5) is 32.5. The monoisotopic (exact) mass is 354 g/mol. The van der Waals surface area contributed by atoms with Crippen LogP contribution in [-0.4, -0.2) is 57.5 Å². The van der Waals surface area contributed by atoms with Gasteiger partial charge in [0.25, 0.3) is 0 Å². The highest BCUT2D eigenvalue weighted by Gasteiger charge is 2.19. The van der Waals surface area contributed by atoms with Gasteiger partial charge in [0.1, 0.15) is 10.1 Å². The first-order valence-corrected chi connectivity index (χ1v) is 8.74. The number of hydrogen-bond acceptors (Lipinski definition) is 9. The van der Waals surface area contributed by atoms with Crippen molar-refractivity contribution in [3.8, 4) is 0 Å². The summed E-state index contributed by atoms with van der Waals surface area (Å²) < 4.78 is 2.20. The third-order valence-corrected chi connectivity index (χ3v) is 3.97. The first-order valence-electron chi connectivity index (χ1n) is 5.56. The van der Waals surface area contributed by atoms with E-state index in [0.717, 1.165) is 20.7 Å². The van der Waals surface area contributed by atoms with Crippen LogP contribution in [0.25, 0.3) is 0 Å². The lowest BCUT2D eigenvalue weighted by molar-refractivity contribution is 0.131. The maximum Gasteiger partial charge on any atom is 0.447 e. The van der Waals surface area contributed by atoms with E-state index in [-0.39, 0.29) is 0 Å². The lowest BCUT2D eigenvalue weighted by Crippen LogP contribution is -2.28. The Morgan fingerprint density at radius 3 is 1.48 bits per heavy atom. The Kier molecular flexibility index (Phi) is 10.1. The molecular formula is C10H18N4O4S3. The van der Waals surface area contributed by atoms with Crippen molar-refractivity contribution in [1.29, 1.82) is 0 Å². The molecule has 0 aliphatic carbocycles. The molecule has 2 amide bonds. The van der Waals surface area contributed by atoms with Crippen molar-refractivity contribution < 1.29 is 19.3 Å². The van der Waals surface area contributed by atoms with E-state index in [9.17, 15) is 9.59 Å². The minimum Gasteiger partial charge on any atom is -0.296 e. The molecule has 0 saturated carbocycles. The van der Waals surface area contributed by atoms with Crippen LogP contribution in [-0.2, 0) is 9.68 Å². The quantitative estimate of drug-likeness (QED) is 0.252. The van der Waals surface area contributed by atoms with Crippen molar-refractivity contribution in [3.05, 3.63) is 0 Å². The number of oxime groups is 2. The van der Waals surface area contributed by atoms with Gasteiger partial charge in [0, 0.05) is 14.1 Å². The molecule has 0 heterocycles. The van der Waals surface area contributed by atoms with Crippen LogP contribution >= 0.6 is 35.7 Å². The Hall–Kier alpha value is -1.07. The number of nitrogens with zero attached hydrogens (tertiary/aromatic N) is 4. The van der Waals surface area contributed by atoms with Gasteiger partial charge in [-0.2, -0.15) is 0 Å². The van der Waals surface area contributed by atoms with Gasteiger partial charge >= 0.3 is 12.2 Å². The minimum atomic E-state index is -0.711. The fourth-order valence-corrected chi connectivity index (χ4v) is 1.44. The van der Waals surface area contributed by atoms with E-state index in [0.29, 0.717) is 10.1 Å². The molecule has 0 aromatic carbocycles. The van der Waals surface area contributed by atoms with Crippen LogP contribution in [0.15, 0.2) is 10.3 Å². The van der Waals surface area contributed by atoms with Gasteiger partial charge in [-0.3, -0.25) is 9.68 Å². The maximum atomic E-state index is 11.6. The van der Waals surface area contributed by atoms with Crippen LogP contribution in [0.2, 0.25) is 0 Å². The molecule has 0 bridgehead atoms. The Labute approximate surface area is 136 Å². The van der Waals surface area contributed by atoms with Crippen molar-refractivity contribution in [2.75, 3.05) is 26.6 Å². The molecule has 11 heteroatoms. The Morgan fingerprint density at radius 2 is 1.19 bits per heavy atom. The Bertz CT molecular complexity index is 393. The van der Waals surface area contributed by atoms with Crippen LogP contribution in [0, 0.1) is 0 Å². The normalized spacial score (nSPS) is 11.9. The van der Waals surface area contributed by atoms with Gasteiger partial charge in [-0.1, -0.05) is 10.3 Å². The summed E-state index contributed by atoms with van der Waals surface area (Å²) in [6, 6.07) is 0. The molecule has 0 atom stereocenters. The highest BCUT2D eigenvalue weighted by molar-refractivity contribution is 8.13. The summed E-state index contributed by atoms with van der Waals surface area (Å²) in [5, 5.41) is 8.42. The van der Waals surface area contributed by atoms with Gasteiger partial charge in [-0.05, 0) is 26.4 Å². The van der Waals surface area contributed by atoms with Gasteiger partial charge in [-0.15, -0.1) is 23.5 Å². The molecule has 0 radical (unpaired) electrons. The van der Waals surface area contributed by atoms with Crippen molar-refractivity contribution in [2.45, 2.75) is 13.8 Å². The summed E-state index contributed by atoms with van der Waals surface area (Å²) >= 11 is 3.51. The number of thioether (sulfide) groups is 2. The molecule has 0 unspecified atom stereocenters. The summed E-state index contributed by atoms with van der Waals surface area (Å²) in [6.07, 6.45) is 2.20. The van der Waals surface area contributed by atoms with E-state index in [1.165, 1.54) is 37.6 Å². The predicted octanol–water partition coefficient (Wildman–Crippen LogP) is 3.08. The van der Waals surface area contributed by atoms with Gasteiger partial charge in [-0.25, -0.2) is 18.2 Å². The average molecular weight is 354 g/mol. The molecule has 0 aromatic rings. The van der Waals surface area contributed by atoms with Crippen molar-refractivity contribution in [2.24, 2.45) is 10.3 Å². The smallest absolute Gasteiger partial charge is 0.296 e. The van der Waals surface area contributed by atoms with Crippen LogP contribution in [0.1, 0.15) is 13.8 Å². The predicted molar refractivity (Wildman–Crippen MR) is 89.3 cm³/mol. The third-order valence-electron chi connectivity index (χ3n) is 1.85. The second-order valence-electron chi connectivity index (χ2n) is 3.42. The van der Waals surface area contributed by atoms with E-state index in [1.807, 2.05) is 12.5 Å². The molecule has 120 valence electrons. The topological polar surface area (TPSA) is 83.8 Å². The fraction of sp³-hybridized carbons (Fsp3) is 0.600. The molecule has 0 N–H and O–H groups in total. The van der Waals surface area contributed by atoms with Crippen LogP contribution < -0.4 is 0 Å². The average Bonchev–Trinajstić information content (AvgIpc) is 2.48. The zero-order valence-corrected chi connectivity index (χ0v) is 15.1. The zero-order chi connectivity index (χ0) is 16.4. The van der Waals surface area contributed by atoms with Gasteiger partial charge < -0.3 is 0 Å². The van der Waals surface area contributed by atoms with Gasteiger partial charge in [0.2, 0.25) is 0 Å². The highest BCUT2D eigenvalue weighted by atomic mass is 32.2. The first-order chi connectivity index (χ1) is 9.81. The molecular weight excluding hydrogens is 336 g/mol. The summed E-state index contributed by atoms with van der Waals surface area (Å²) in [5.74, 6) is 0. The van der Waals surface area contributed by atoms with Crippen LogP contribution in [0.3, 0.4) is 0 Å². The maximum absolute atomic E-state index is 11.6. The molecule has 0 spiro atoms. The standard InChI is InChI=1S/C10H18N4O4S3/c1-7(19-5)11-17-9(15)13(3)21-14(4)10(16)18-12-8(2)20-6/h1-6H3/b11-7+,12-8+. The molecule has 0 saturated heterocycles. The first kappa shape index (κ1) is 19.9.